The average molecular weight is 335 g/mol. The van der Waals surface area contributed by atoms with Crippen molar-refractivity contribution in [2.75, 3.05) is 0 Å². The van der Waals surface area contributed by atoms with Crippen LogP contribution in [0.3, 0.4) is 0 Å². The number of benzene rings is 3. The van der Waals surface area contributed by atoms with Crippen molar-refractivity contribution in [3.8, 4) is 11.1 Å². The van der Waals surface area contributed by atoms with E-state index in [2.05, 4.69) is 67.4 Å². The molecule has 0 fully saturated rings. The lowest BCUT2D eigenvalue weighted by molar-refractivity contribution is 0.644. The summed E-state index contributed by atoms with van der Waals surface area (Å²) in [6.45, 7) is 4.64. The Bertz CT molecular complexity index is 1360. The Morgan fingerprint density at radius 1 is 0.769 bits per heavy atom. The van der Waals surface area contributed by atoms with E-state index in [1.54, 1.807) is 6.20 Å². The lowest BCUT2D eigenvalue weighted by atomic mass is 9.68. The molecule has 2 nitrogen and oxygen atoms in total. The number of rotatable bonds is 0. The van der Waals surface area contributed by atoms with Crippen LogP contribution in [0.2, 0.25) is 0 Å². The summed E-state index contributed by atoms with van der Waals surface area (Å²) >= 11 is 0. The van der Waals surface area contributed by atoms with Crippen molar-refractivity contribution in [3.05, 3.63) is 78.1 Å². The van der Waals surface area contributed by atoms with Crippen molar-refractivity contribution in [2.45, 2.75) is 19.3 Å². The summed E-state index contributed by atoms with van der Waals surface area (Å²) in [6, 6.07) is 19.6. The van der Waals surface area contributed by atoms with E-state index in [0.717, 1.165) is 16.6 Å². The average Bonchev–Trinajstić information content (AvgIpc) is 3.04. The maximum atomic E-state index is 6.19. The highest BCUT2D eigenvalue weighted by Gasteiger charge is 2.34. The Hall–Kier alpha value is -3.13. The second kappa shape index (κ2) is 4.53. The number of aromatic nitrogens is 1. The fraction of sp³-hybridized carbons (Fsp3) is 0.125. The van der Waals surface area contributed by atoms with Gasteiger partial charge in [0.2, 0.25) is 0 Å². The highest BCUT2D eigenvalue weighted by atomic mass is 16.3. The summed E-state index contributed by atoms with van der Waals surface area (Å²) in [5, 5.41) is 4.85. The Balaban J connectivity index is 1.93. The summed E-state index contributed by atoms with van der Waals surface area (Å²) in [7, 11) is 0. The van der Waals surface area contributed by atoms with Gasteiger partial charge in [-0.25, -0.2) is 0 Å². The van der Waals surface area contributed by atoms with Crippen LogP contribution in [-0.2, 0) is 5.41 Å². The van der Waals surface area contributed by atoms with Gasteiger partial charge in [0.1, 0.15) is 11.2 Å². The molecule has 0 atom stereocenters. The van der Waals surface area contributed by atoms with Gasteiger partial charge in [-0.05, 0) is 45.2 Å². The molecular formula is C24H17NO. The summed E-state index contributed by atoms with van der Waals surface area (Å²) in [6.07, 6.45) is 3.70. The number of fused-ring (bicyclic) bond motifs is 6. The second-order valence-electron chi connectivity index (χ2n) is 7.67. The van der Waals surface area contributed by atoms with E-state index < -0.39 is 0 Å². The summed E-state index contributed by atoms with van der Waals surface area (Å²) in [5.74, 6) is 0. The third kappa shape index (κ3) is 1.55. The van der Waals surface area contributed by atoms with Crippen LogP contribution in [-0.4, -0.2) is 4.98 Å². The predicted molar refractivity (Wildman–Crippen MR) is 107 cm³/mol. The third-order valence-electron chi connectivity index (χ3n) is 5.96. The Kier molecular flexibility index (Phi) is 2.45. The molecule has 0 bridgehead atoms. The minimum absolute atomic E-state index is 0.0332. The lowest BCUT2D eigenvalue weighted by Crippen LogP contribution is -2.23. The largest absolute Gasteiger partial charge is 0.456 e. The first-order chi connectivity index (χ1) is 12.7. The van der Waals surface area contributed by atoms with Gasteiger partial charge in [0.05, 0.1) is 0 Å². The van der Waals surface area contributed by atoms with E-state index in [1.807, 2.05) is 12.3 Å². The van der Waals surface area contributed by atoms with Gasteiger partial charge in [0.15, 0.2) is 0 Å². The van der Waals surface area contributed by atoms with Crippen molar-refractivity contribution in [1.29, 1.82) is 0 Å². The molecule has 6 rings (SSSR count). The van der Waals surface area contributed by atoms with Gasteiger partial charge < -0.3 is 4.42 Å². The Labute approximate surface area is 151 Å². The third-order valence-corrected chi connectivity index (χ3v) is 5.96. The fourth-order valence-electron chi connectivity index (χ4n) is 4.74. The van der Waals surface area contributed by atoms with E-state index in [1.165, 1.54) is 38.4 Å². The van der Waals surface area contributed by atoms with Gasteiger partial charge in [-0.2, -0.15) is 0 Å². The van der Waals surface area contributed by atoms with Crippen molar-refractivity contribution in [2.24, 2.45) is 0 Å². The molecule has 0 saturated carbocycles. The molecule has 1 aliphatic rings. The van der Waals surface area contributed by atoms with Crippen LogP contribution in [0.1, 0.15) is 25.0 Å². The van der Waals surface area contributed by atoms with Crippen molar-refractivity contribution >= 4 is 32.7 Å². The van der Waals surface area contributed by atoms with Gasteiger partial charge in [-0.15, -0.1) is 0 Å². The zero-order valence-electron chi connectivity index (χ0n) is 14.7. The quantitative estimate of drug-likeness (QED) is 0.325. The molecule has 0 radical (unpaired) electrons. The molecule has 2 heterocycles. The maximum absolute atomic E-state index is 6.19. The molecule has 0 spiro atoms. The topological polar surface area (TPSA) is 26.0 Å². The highest BCUT2D eigenvalue weighted by molar-refractivity contribution is 6.23. The van der Waals surface area contributed by atoms with E-state index in [4.69, 9.17) is 4.42 Å². The van der Waals surface area contributed by atoms with Gasteiger partial charge >= 0.3 is 0 Å². The number of hydrogen-bond donors (Lipinski definition) is 0. The molecule has 0 unspecified atom stereocenters. The normalized spacial score (nSPS) is 14.8. The monoisotopic (exact) mass is 335 g/mol. The second-order valence-corrected chi connectivity index (χ2v) is 7.67. The van der Waals surface area contributed by atoms with Crippen LogP contribution >= 0.6 is 0 Å². The predicted octanol–water partition coefficient (Wildman–Crippen LogP) is 6.44. The molecule has 0 N–H and O–H groups in total. The molecule has 124 valence electrons. The molecule has 0 amide bonds. The van der Waals surface area contributed by atoms with Gasteiger partial charge in [0, 0.05) is 28.6 Å². The molecule has 3 aromatic carbocycles. The molecule has 0 aliphatic heterocycles. The molecule has 5 aromatic rings. The summed E-state index contributed by atoms with van der Waals surface area (Å²) in [5.41, 5.74) is 7.12. The molecule has 2 aromatic heterocycles. The molecule has 0 saturated heterocycles. The van der Waals surface area contributed by atoms with Crippen LogP contribution in [0.15, 0.2) is 71.4 Å². The van der Waals surface area contributed by atoms with E-state index in [-0.39, 0.29) is 5.41 Å². The van der Waals surface area contributed by atoms with Crippen molar-refractivity contribution < 1.29 is 4.42 Å². The van der Waals surface area contributed by atoms with E-state index in [0.29, 0.717) is 0 Å². The van der Waals surface area contributed by atoms with Crippen molar-refractivity contribution in [3.63, 3.8) is 0 Å². The van der Waals surface area contributed by atoms with E-state index in [9.17, 15) is 0 Å². The minimum Gasteiger partial charge on any atom is -0.456 e. The first kappa shape index (κ1) is 14.1. The zero-order valence-corrected chi connectivity index (χ0v) is 14.7. The molecule has 26 heavy (non-hydrogen) atoms. The molecule has 1 aliphatic carbocycles. The number of hydrogen-bond acceptors (Lipinski definition) is 2. The standard InChI is InChI=1S/C24H17NO/c1-24(2)18-8-4-3-6-14(18)16-12-21-23(15-7-5-9-19(24)22(15)16)17-13-25-11-10-20(17)26-21/h3-13H,1-2H3. The Morgan fingerprint density at radius 2 is 1.62 bits per heavy atom. The number of nitrogens with zero attached hydrogens (tertiary/aromatic N) is 1. The summed E-state index contributed by atoms with van der Waals surface area (Å²) < 4.78 is 6.19. The molecule has 2 heteroatoms. The highest BCUT2D eigenvalue weighted by Crippen LogP contribution is 2.51. The van der Waals surface area contributed by atoms with Gasteiger partial charge in [0.25, 0.3) is 0 Å². The number of furan rings is 1. The van der Waals surface area contributed by atoms with Gasteiger partial charge in [-0.3, -0.25) is 4.98 Å². The van der Waals surface area contributed by atoms with Crippen LogP contribution in [0, 0.1) is 0 Å². The zero-order chi connectivity index (χ0) is 17.5. The maximum Gasteiger partial charge on any atom is 0.138 e. The van der Waals surface area contributed by atoms with Crippen LogP contribution in [0.25, 0.3) is 43.8 Å². The number of pyridine rings is 1. The van der Waals surface area contributed by atoms with Crippen LogP contribution < -0.4 is 0 Å². The van der Waals surface area contributed by atoms with Crippen LogP contribution in [0.4, 0.5) is 0 Å². The Morgan fingerprint density at radius 3 is 2.54 bits per heavy atom. The summed E-state index contributed by atoms with van der Waals surface area (Å²) in [4.78, 5) is 4.33. The van der Waals surface area contributed by atoms with Gasteiger partial charge in [-0.1, -0.05) is 56.3 Å². The smallest absolute Gasteiger partial charge is 0.138 e. The first-order valence-electron chi connectivity index (χ1n) is 8.98. The van der Waals surface area contributed by atoms with Crippen molar-refractivity contribution in [1.82, 2.24) is 4.98 Å². The van der Waals surface area contributed by atoms with E-state index >= 15 is 0 Å². The molecular weight excluding hydrogens is 318 g/mol. The first-order valence-corrected chi connectivity index (χ1v) is 8.98. The SMILES string of the molecule is CC1(C)c2ccccc2-c2cc3oc4ccncc4c3c3cccc1c23. The van der Waals surface area contributed by atoms with Crippen LogP contribution in [0.5, 0.6) is 0 Å². The fourth-order valence-corrected chi connectivity index (χ4v) is 4.74. The minimum atomic E-state index is -0.0332. The lowest BCUT2D eigenvalue weighted by Gasteiger charge is -2.35.